The molecule has 10 heavy (non-hydrogen) atoms. The highest BCUT2D eigenvalue weighted by molar-refractivity contribution is 6.57. The molecule has 0 aliphatic rings. The van der Waals surface area contributed by atoms with Crippen LogP contribution in [0.25, 0.3) is 0 Å². The molecule has 0 heterocycles. The molecule has 0 radical (unpaired) electrons. The highest BCUT2D eigenvalue weighted by atomic mass is 16.1. The summed E-state index contributed by atoms with van der Waals surface area (Å²) in [7, 11) is 1.55. The van der Waals surface area contributed by atoms with Gasteiger partial charge in [-0.15, -0.1) is 0 Å². The highest BCUT2D eigenvalue weighted by Crippen LogP contribution is 2.09. The molecule has 0 unspecified atom stereocenters. The van der Waals surface area contributed by atoms with Gasteiger partial charge in [-0.2, -0.15) is 0 Å². The van der Waals surface area contributed by atoms with Crippen LogP contribution in [-0.4, -0.2) is 19.2 Å². The van der Waals surface area contributed by atoms with Crippen molar-refractivity contribution in [2.24, 2.45) is 0 Å². The van der Waals surface area contributed by atoms with E-state index in [0.29, 0.717) is 0 Å². The molecule has 3 heteroatoms. The fourth-order valence-corrected chi connectivity index (χ4v) is 1.16. The van der Waals surface area contributed by atoms with Crippen molar-refractivity contribution in [3.05, 3.63) is 0 Å². The molecule has 2 nitrogen and oxygen atoms in total. The van der Waals surface area contributed by atoms with Crippen LogP contribution in [-0.2, 0) is 0 Å². The van der Waals surface area contributed by atoms with Crippen molar-refractivity contribution < 1.29 is 4.79 Å². The zero-order chi connectivity index (χ0) is 8.20. The molecule has 0 aromatic heterocycles. The van der Waals surface area contributed by atoms with Crippen molar-refractivity contribution in [2.75, 3.05) is 0 Å². The molecule has 1 N–H and O–H groups in total. The third kappa shape index (κ3) is 4.42. The Hall–Kier alpha value is -0.465. The standard InChI is InChI=1S/C7H16BNO/c1-4-5-7(2,3)9-6(8)10/h4-5,8H2,1-3H3,(H,9,10). The van der Waals surface area contributed by atoms with Crippen LogP contribution in [0.2, 0.25) is 0 Å². The topological polar surface area (TPSA) is 29.1 Å². The predicted octanol–water partition coefficient (Wildman–Crippen LogP) is 0.908. The number of carbonyl (C=O) groups is 1. The van der Waals surface area contributed by atoms with Gasteiger partial charge in [-0.05, 0) is 20.3 Å². The van der Waals surface area contributed by atoms with Crippen molar-refractivity contribution in [1.29, 1.82) is 0 Å². The lowest BCUT2D eigenvalue weighted by Crippen LogP contribution is -2.42. The van der Waals surface area contributed by atoms with E-state index in [0.717, 1.165) is 12.8 Å². The third-order valence-electron chi connectivity index (χ3n) is 1.39. The summed E-state index contributed by atoms with van der Waals surface area (Å²) >= 11 is 0. The van der Waals surface area contributed by atoms with Crippen LogP contribution in [0.4, 0.5) is 4.79 Å². The number of hydrogen-bond donors (Lipinski definition) is 1. The fraction of sp³-hybridized carbons (Fsp3) is 0.857. The maximum absolute atomic E-state index is 10.6. The van der Waals surface area contributed by atoms with Crippen molar-refractivity contribution in [2.45, 2.75) is 39.2 Å². The lowest BCUT2D eigenvalue weighted by atomic mass is 9.96. The Labute approximate surface area is 63.8 Å². The summed E-state index contributed by atoms with van der Waals surface area (Å²) in [5.41, 5.74) is -0.0272. The van der Waals surface area contributed by atoms with Gasteiger partial charge < -0.3 is 5.32 Å². The molecule has 0 spiro atoms. The van der Waals surface area contributed by atoms with Crippen LogP contribution in [0.15, 0.2) is 0 Å². The summed E-state index contributed by atoms with van der Waals surface area (Å²) < 4.78 is 0. The number of carbonyl (C=O) groups excluding carboxylic acids is 1. The predicted molar refractivity (Wildman–Crippen MR) is 46.1 cm³/mol. The van der Waals surface area contributed by atoms with Gasteiger partial charge in [0.15, 0.2) is 5.81 Å². The van der Waals surface area contributed by atoms with E-state index in [1.807, 2.05) is 13.8 Å². The molecule has 0 aromatic rings. The van der Waals surface area contributed by atoms with Crippen molar-refractivity contribution in [3.8, 4) is 0 Å². The minimum absolute atomic E-state index is 0.0272. The highest BCUT2D eigenvalue weighted by Gasteiger charge is 2.15. The van der Waals surface area contributed by atoms with E-state index in [9.17, 15) is 4.79 Å². The molecule has 0 saturated carbocycles. The smallest absolute Gasteiger partial charge is 0.215 e. The second kappa shape index (κ2) is 3.64. The van der Waals surface area contributed by atoms with E-state index >= 15 is 0 Å². The Morgan fingerprint density at radius 3 is 2.40 bits per heavy atom. The van der Waals surface area contributed by atoms with Gasteiger partial charge in [0, 0.05) is 5.54 Å². The minimum atomic E-state index is -0.0272. The van der Waals surface area contributed by atoms with Crippen LogP contribution in [0.5, 0.6) is 0 Å². The molecular weight excluding hydrogens is 125 g/mol. The molecule has 0 aliphatic heterocycles. The normalized spacial score (nSPS) is 11.1. The number of hydrogen-bond acceptors (Lipinski definition) is 1. The third-order valence-corrected chi connectivity index (χ3v) is 1.39. The molecule has 0 aromatic carbocycles. The SMILES string of the molecule is BC(=O)NC(C)(C)CCC. The minimum Gasteiger partial charge on any atom is -0.361 e. The zero-order valence-electron chi connectivity index (χ0n) is 7.32. The molecule has 0 aliphatic carbocycles. The lowest BCUT2D eigenvalue weighted by molar-refractivity contribution is 0.247. The van der Waals surface area contributed by atoms with Gasteiger partial charge in [-0.3, -0.25) is 4.79 Å². The Balaban J connectivity index is 3.74. The quantitative estimate of drug-likeness (QED) is 0.581. The monoisotopic (exact) mass is 141 g/mol. The van der Waals surface area contributed by atoms with Crippen LogP contribution in [0.3, 0.4) is 0 Å². The summed E-state index contributed by atoms with van der Waals surface area (Å²) in [6, 6.07) is 0. The second-order valence-electron chi connectivity index (χ2n) is 3.32. The van der Waals surface area contributed by atoms with Crippen LogP contribution >= 0.6 is 0 Å². The first-order valence-electron chi connectivity index (χ1n) is 3.76. The number of rotatable bonds is 3. The summed E-state index contributed by atoms with van der Waals surface area (Å²) in [5.74, 6) is 0.0541. The van der Waals surface area contributed by atoms with Crippen LogP contribution in [0.1, 0.15) is 33.6 Å². The first-order valence-corrected chi connectivity index (χ1v) is 3.76. The first kappa shape index (κ1) is 9.53. The van der Waals surface area contributed by atoms with Gasteiger partial charge in [0.05, 0.1) is 0 Å². The van der Waals surface area contributed by atoms with Crippen molar-refractivity contribution in [3.63, 3.8) is 0 Å². The maximum atomic E-state index is 10.6. The molecule has 0 atom stereocenters. The van der Waals surface area contributed by atoms with Gasteiger partial charge in [0.1, 0.15) is 0 Å². The number of nitrogens with one attached hydrogen (secondary N) is 1. The molecule has 0 bridgehead atoms. The van der Waals surface area contributed by atoms with E-state index in [-0.39, 0.29) is 11.3 Å². The van der Waals surface area contributed by atoms with Crippen LogP contribution < -0.4 is 5.32 Å². The average molecular weight is 141 g/mol. The molecule has 0 rings (SSSR count). The molecule has 0 fully saturated rings. The van der Waals surface area contributed by atoms with E-state index < -0.39 is 0 Å². The molecular formula is C7H16BNO. The van der Waals surface area contributed by atoms with Crippen molar-refractivity contribution in [1.82, 2.24) is 5.32 Å². The largest absolute Gasteiger partial charge is 0.361 e. The van der Waals surface area contributed by atoms with Crippen LogP contribution in [0, 0.1) is 0 Å². The Bertz CT molecular complexity index is 123. The zero-order valence-corrected chi connectivity index (χ0v) is 7.32. The van der Waals surface area contributed by atoms with Gasteiger partial charge in [-0.1, -0.05) is 13.3 Å². The van der Waals surface area contributed by atoms with Gasteiger partial charge in [0.25, 0.3) is 0 Å². The van der Waals surface area contributed by atoms with E-state index in [1.165, 1.54) is 0 Å². The van der Waals surface area contributed by atoms with E-state index in [2.05, 4.69) is 12.2 Å². The maximum Gasteiger partial charge on any atom is 0.215 e. The summed E-state index contributed by atoms with van der Waals surface area (Å²) in [6.07, 6.45) is 2.14. The lowest BCUT2D eigenvalue weighted by Gasteiger charge is -2.24. The van der Waals surface area contributed by atoms with E-state index in [1.54, 1.807) is 7.85 Å². The Morgan fingerprint density at radius 2 is 2.10 bits per heavy atom. The van der Waals surface area contributed by atoms with E-state index in [4.69, 9.17) is 0 Å². The average Bonchev–Trinajstić information content (AvgIpc) is 1.59. The first-order chi connectivity index (χ1) is 4.48. The fourth-order valence-electron chi connectivity index (χ4n) is 1.16. The van der Waals surface area contributed by atoms with Crippen molar-refractivity contribution >= 4 is 13.7 Å². The Morgan fingerprint density at radius 1 is 1.60 bits per heavy atom. The number of amides is 1. The summed E-state index contributed by atoms with van der Waals surface area (Å²) in [5, 5.41) is 2.88. The van der Waals surface area contributed by atoms with Gasteiger partial charge in [0.2, 0.25) is 7.85 Å². The summed E-state index contributed by atoms with van der Waals surface area (Å²) in [4.78, 5) is 10.6. The second-order valence-corrected chi connectivity index (χ2v) is 3.32. The summed E-state index contributed by atoms with van der Waals surface area (Å²) in [6.45, 7) is 6.19. The molecule has 0 saturated heterocycles. The Kier molecular flexibility index (Phi) is 3.47. The molecule has 58 valence electrons. The van der Waals surface area contributed by atoms with Gasteiger partial charge >= 0.3 is 0 Å². The molecule has 1 amide bonds. The van der Waals surface area contributed by atoms with Gasteiger partial charge in [-0.25, -0.2) is 0 Å².